The van der Waals surface area contributed by atoms with E-state index in [4.69, 9.17) is 14.2 Å². The Morgan fingerprint density at radius 2 is 0.514 bits per heavy atom. The van der Waals surface area contributed by atoms with Crippen LogP contribution in [-0.2, 0) is 28.6 Å². The lowest BCUT2D eigenvalue weighted by Gasteiger charge is -2.18. The summed E-state index contributed by atoms with van der Waals surface area (Å²) in [6, 6.07) is 0. The first-order chi connectivity index (χ1) is 34.5. The van der Waals surface area contributed by atoms with Crippen LogP contribution in [0.2, 0.25) is 0 Å². The second-order valence-electron chi connectivity index (χ2n) is 20.3. The van der Waals surface area contributed by atoms with E-state index in [1.165, 1.54) is 167 Å². The van der Waals surface area contributed by atoms with Gasteiger partial charge in [0.2, 0.25) is 0 Å². The minimum absolute atomic E-state index is 0.0931. The molecule has 0 rings (SSSR count). The predicted molar refractivity (Wildman–Crippen MR) is 302 cm³/mol. The highest BCUT2D eigenvalue weighted by atomic mass is 16.6. The maximum atomic E-state index is 12.9. The van der Waals surface area contributed by atoms with Crippen LogP contribution in [0.3, 0.4) is 0 Å². The fourth-order valence-electron chi connectivity index (χ4n) is 8.66. The molecule has 406 valence electrons. The van der Waals surface area contributed by atoms with Crippen LogP contribution in [-0.4, -0.2) is 37.2 Å². The quantitative estimate of drug-likeness (QED) is 0.0199. The highest BCUT2D eigenvalue weighted by Gasteiger charge is 2.19. The Kier molecular flexibility index (Phi) is 56.3. The van der Waals surface area contributed by atoms with E-state index < -0.39 is 6.10 Å². The minimum Gasteiger partial charge on any atom is -0.462 e. The molecule has 1 unspecified atom stereocenters. The van der Waals surface area contributed by atoms with Crippen molar-refractivity contribution < 1.29 is 28.6 Å². The monoisotopic (exact) mass is 979 g/mol. The average molecular weight is 980 g/mol. The van der Waals surface area contributed by atoms with Crippen molar-refractivity contribution in [1.82, 2.24) is 0 Å². The highest BCUT2D eigenvalue weighted by molar-refractivity contribution is 5.71. The van der Waals surface area contributed by atoms with Gasteiger partial charge in [0.15, 0.2) is 6.10 Å². The molecule has 0 heterocycles. The molecular weight excluding hydrogens is 865 g/mol. The summed E-state index contributed by atoms with van der Waals surface area (Å²) in [7, 11) is 0. The van der Waals surface area contributed by atoms with Crippen LogP contribution in [0.15, 0.2) is 60.8 Å². The molecule has 0 aromatic heterocycles. The molecule has 0 aliphatic heterocycles. The van der Waals surface area contributed by atoms with E-state index in [-0.39, 0.29) is 31.1 Å². The van der Waals surface area contributed by atoms with Crippen molar-refractivity contribution >= 4 is 17.9 Å². The van der Waals surface area contributed by atoms with E-state index in [2.05, 4.69) is 81.5 Å². The summed E-state index contributed by atoms with van der Waals surface area (Å²) in [6.45, 7) is 6.62. The lowest BCUT2D eigenvalue weighted by Crippen LogP contribution is -2.30. The zero-order valence-corrected chi connectivity index (χ0v) is 46.5. The van der Waals surface area contributed by atoms with Gasteiger partial charge >= 0.3 is 17.9 Å². The van der Waals surface area contributed by atoms with Crippen LogP contribution in [0.1, 0.15) is 310 Å². The number of ether oxygens (including phenoxy) is 3. The lowest BCUT2D eigenvalue weighted by molar-refractivity contribution is -0.167. The van der Waals surface area contributed by atoms with Gasteiger partial charge in [0.05, 0.1) is 0 Å². The molecule has 0 spiro atoms. The zero-order valence-electron chi connectivity index (χ0n) is 46.5. The first-order valence-corrected chi connectivity index (χ1v) is 30.3. The molecule has 0 bridgehead atoms. The molecule has 1 atom stereocenters. The fraction of sp³-hybridized carbons (Fsp3) is 0.797. The molecule has 0 saturated carbocycles. The number of carbonyl (C=O) groups excluding carboxylic acids is 3. The van der Waals surface area contributed by atoms with Crippen molar-refractivity contribution in [3.05, 3.63) is 60.8 Å². The van der Waals surface area contributed by atoms with Crippen LogP contribution in [0.5, 0.6) is 0 Å². The van der Waals surface area contributed by atoms with Crippen molar-refractivity contribution in [2.24, 2.45) is 0 Å². The van der Waals surface area contributed by atoms with Gasteiger partial charge in [0.25, 0.3) is 0 Å². The Balaban J connectivity index is 4.44. The number of allylic oxidation sites excluding steroid dienone is 10. The van der Waals surface area contributed by atoms with Gasteiger partial charge in [-0.1, -0.05) is 255 Å². The van der Waals surface area contributed by atoms with Crippen LogP contribution in [0.4, 0.5) is 0 Å². The van der Waals surface area contributed by atoms with Gasteiger partial charge in [-0.2, -0.15) is 0 Å². The number of esters is 3. The first-order valence-electron chi connectivity index (χ1n) is 30.3. The molecule has 0 aliphatic rings. The molecule has 0 amide bonds. The molecular formula is C64H114O6. The van der Waals surface area contributed by atoms with Crippen LogP contribution in [0.25, 0.3) is 0 Å². The summed E-state index contributed by atoms with van der Waals surface area (Å²) in [5, 5.41) is 0. The molecule has 0 N–H and O–H groups in total. The second kappa shape index (κ2) is 58.7. The van der Waals surface area contributed by atoms with E-state index in [1.807, 2.05) is 0 Å². The van der Waals surface area contributed by atoms with E-state index in [0.717, 1.165) is 103 Å². The molecule has 0 aromatic carbocycles. The summed E-state index contributed by atoms with van der Waals surface area (Å²) in [6.07, 6.45) is 73.6. The topological polar surface area (TPSA) is 78.9 Å². The summed E-state index contributed by atoms with van der Waals surface area (Å²) in [5.41, 5.74) is 0. The third-order valence-electron chi connectivity index (χ3n) is 13.3. The van der Waals surface area contributed by atoms with Gasteiger partial charge < -0.3 is 14.2 Å². The Hall–Kier alpha value is -2.89. The fourth-order valence-corrected chi connectivity index (χ4v) is 8.66. The third kappa shape index (κ3) is 56.0. The molecule has 0 aromatic rings. The summed E-state index contributed by atoms with van der Waals surface area (Å²) in [5.74, 6) is -0.929. The normalized spacial score (nSPS) is 12.4. The molecule has 70 heavy (non-hydrogen) atoms. The lowest BCUT2D eigenvalue weighted by atomic mass is 10.1. The Morgan fingerprint density at radius 3 is 0.814 bits per heavy atom. The van der Waals surface area contributed by atoms with E-state index in [0.29, 0.717) is 19.3 Å². The van der Waals surface area contributed by atoms with Gasteiger partial charge in [0, 0.05) is 19.3 Å². The van der Waals surface area contributed by atoms with Crippen molar-refractivity contribution in [3.8, 4) is 0 Å². The average Bonchev–Trinajstić information content (AvgIpc) is 3.36. The SMILES string of the molecule is CCCCCCCCC/C=C\C=C/CCCCCCCC(=O)OCC(COC(=O)CCCCC/C=C\C=C/CCCCCCCCC)OC(=O)CCCCCCC/C=C\CCCCCCCCCCC. The molecule has 0 fully saturated rings. The molecule has 0 aliphatic carbocycles. The largest absolute Gasteiger partial charge is 0.462 e. The van der Waals surface area contributed by atoms with E-state index in [9.17, 15) is 14.4 Å². The smallest absolute Gasteiger partial charge is 0.306 e. The molecule has 0 radical (unpaired) electrons. The van der Waals surface area contributed by atoms with Gasteiger partial charge in [-0.25, -0.2) is 0 Å². The number of carbonyl (C=O) groups is 3. The van der Waals surface area contributed by atoms with Crippen LogP contribution < -0.4 is 0 Å². The van der Waals surface area contributed by atoms with Crippen LogP contribution >= 0.6 is 0 Å². The van der Waals surface area contributed by atoms with Gasteiger partial charge in [-0.15, -0.1) is 0 Å². The first kappa shape index (κ1) is 67.1. The van der Waals surface area contributed by atoms with Gasteiger partial charge in [-0.05, 0) is 96.3 Å². The zero-order chi connectivity index (χ0) is 50.7. The van der Waals surface area contributed by atoms with E-state index >= 15 is 0 Å². The van der Waals surface area contributed by atoms with Crippen molar-refractivity contribution in [2.75, 3.05) is 13.2 Å². The Morgan fingerprint density at radius 1 is 0.286 bits per heavy atom. The molecule has 0 saturated heterocycles. The third-order valence-corrected chi connectivity index (χ3v) is 13.3. The molecule has 6 nitrogen and oxygen atoms in total. The standard InChI is InChI=1S/C64H114O6/c1-4-7-10-13-16-19-22-25-28-31-33-36-39-42-45-48-51-54-57-63(66)69-60-61(59-68-62(65)56-53-50-47-44-41-38-35-30-27-24-21-18-15-12-9-6-3)70-64(67)58-55-52-49-46-43-40-37-34-32-29-26-23-20-17-14-11-8-5-2/h28,30-31,33-38,41,61H,4-27,29,32,39-40,42-60H2,1-3H3/b31-28-,35-30-,36-33-,37-34-,41-38-. The Labute approximate surface area is 434 Å². The number of rotatable bonds is 55. The highest BCUT2D eigenvalue weighted by Crippen LogP contribution is 2.15. The predicted octanol–water partition coefficient (Wildman–Crippen LogP) is 20.4. The van der Waals surface area contributed by atoms with Gasteiger partial charge in [-0.3, -0.25) is 14.4 Å². The minimum atomic E-state index is -0.796. The number of unbranched alkanes of at least 4 members (excludes halogenated alkanes) is 36. The molecule has 6 heteroatoms. The maximum Gasteiger partial charge on any atom is 0.306 e. The van der Waals surface area contributed by atoms with E-state index in [1.54, 1.807) is 0 Å². The van der Waals surface area contributed by atoms with Crippen molar-refractivity contribution in [3.63, 3.8) is 0 Å². The Bertz CT molecular complexity index is 1260. The van der Waals surface area contributed by atoms with Gasteiger partial charge in [0.1, 0.15) is 13.2 Å². The second-order valence-corrected chi connectivity index (χ2v) is 20.3. The summed E-state index contributed by atoms with van der Waals surface area (Å²) >= 11 is 0. The number of hydrogen-bond donors (Lipinski definition) is 0. The maximum absolute atomic E-state index is 12.9. The summed E-state index contributed by atoms with van der Waals surface area (Å²) in [4.78, 5) is 38.2. The van der Waals surface area contributed by atoms with Crippen molar-refractivity contribution in [1.29, 1.82) is 0 Å². The summed E-state index contributed by atoms with van der Waals surface area (Å²) < 4.78 is 16.9. The van der Waals surface area contributed by atoms with Crippen molar-refractivity contribution in [2.45, 2.75) is 316 Å². The van der Waals surface area contributed by atoms with Crippen LogP contribution in [0, 0.1) is 0 Å². The number of hydrogen-bond acceptors (Lipinski definition) is 6.